The van der Waals surface area contributed by atoms with Gasteiger partial charge in [0.2, 0.25) is 26.0 Å². The van der Waals surface area contributed by atoms with Gasteiger partial charge in [0.25, 0.3) is 0 Å². The highest BCUT2D eigenvalue weighted by atomic mass is 32.2. The maximum Gasteiger partial charge on any atom is 0.243 e. The third-order valence-electron chi connectivity index (χ3n) is 6.24. The van der Waals surface area contributed by atoms with Crippen molar-refractivity contribution >= 4 is 37.3 Å². The number of ether oxygens (including phenoxy) is 1. The number of carbonyl (C=O) groups is 1. The average molecular weight is 541 g/mol. The number of anilines is 2. The molecule has 0 unspecified atom stereocenters. The van der Waals surface area contributed by atoms with Crippen LogP contribution in [0.3, 0.4) is 0 Å². The number of morpholine rings is 1. The quantitative estimate of drug-likeness (QED) is 0.515. The lowest BCUT2D eigenvalue weighted by atomic mass is 10.2. The van der Waals surface area contributed by atoms with E-state index in [4.69, 9.17) is 4.74 Å². The minimum atomic E-state index is -3.81. The second kappa shape index (κ2) is 10.7. The Balaban J connectivity index is 1.43. The number of rotatable bonds is 7. The van der Waals surface area contributed by atoms with Gasteiger partial charge in [0.05, 0.1) is 30.1 Å². The van der Waals surface area contributed by atoms with E-state index in [-0.39, 0.29) is 35.4 Å². The van der Waals surface area contributed by atoms with E-state index in [1.165, 1.54) is 40.7 Å². The van der Waals surface area contributed by atoms with Crippen molar-refractivity contribution in [2.75, 3.05) is 74.5 Å². The van der Waals surface area contributed by atoms with Gasteiger partial charge in [0.1, 0.15) is 12.4 Å². The van der Waals surface area contributed by atoms with Crippen LogP contribution in [0.5, 0.6) is 0 Å². The molecule has 2 aliphatic rings. The van der Waals surface area contributed by atoms with Gasteiger partial charge in [-0.15, -0.1) is 0 Å². The summed E-state index contributed by atoms with van der Waals surface area (Å²) in [5, 5.41) is 0. The first kappa shape index (κ1) is 26.3. The lowest BCUT2D eigenvalue weighted by Crippen LogP contribution is -2.52. The summed E-state index contributed by atoms with van der Waals surface area (Å²) in [6.07, 6.45) is 1.01. The lowest BCUT2D eigenvalue weighted by molar-refractivity contribution is -0.129. The fraction of sp³-hybridized carbons (Fsp3) is 0.435. The zero-order valence-electron chi connectivity index (χ0n) is 19.9. The Morgan fingerprint density at radius 3 is 2.03 bits per heavy atom. The van der Waals surface area contributed by atoms with Crippen molar-refractivity contribution in [2.24, 2.45) is 0 Å². The largest absolute Gasteiger partial charge is 0.379 e. The van der Waals surface area contributed by atoms with Crippen LogP contribution in [0, 0.1) is 5.82 Å². The van der Waals surface area contributed by atoms with Gasteiger partial charge < -0.3 is 14.5 Å². The summed E-state index contributed by atoms with van der Waals surface area (Å²) in [4.78, 5) is 16.7. The molecule has 0 bridgehead atoms. The van der Waals surface area contributed by atoms with Crippen LogP contribution < -0.4 is 9.21 Å². The second-order valence-corrected chi connectivity index (χ2v) is 12.5. The van der Waals surface area contributed by atoms with Crippen LogP contribution in [0.1, 0.15) is 0 Å². The average Bonchev–Trinajstić information content (AvgIpc) is 2.87. The molecule has 2 aromatic rings. The molecule has 0 N–H and O–H groups in total. The number of sulfonamides is 2. The lowest BCUT2D eigenvalue weighted by Gasteiger charge is -2.37. The molecule has 2 aromatic carbocycles. The smallest absolute Gasteiger partial charge is 0.243 e. The summed E-state index contributed by atoms with van der Waals surface area (Å²) in [7, 11) is -7.54. The van der Waals surface area contributed by atoms with Crippen LogP contribution in [0.4, 0.5) is 15.8 Å². The summed E-state index contributed by atoms with van der Waals surface area (Å²) >= 11 is 0. The van der Waals surface area contributed by atoms with E-state index in [0.29, 0.717) is 39.4 Å². The number of carbonyl (C=O) groups excluding carboxylic acids is 1. The van der Waals surface area contributed by atoms with E-state index >= 15 is 0 Å². The molecule has 196 valence electrons. The Bertz CT molecular complexity index is 1270. The van der Waals surface area contributed by atoms with Gasteiger partial charge in [-0.3, -0.25) is 9.10 Å². The highest BCUT2D eigenvalue weighted by molar-refractivity contribution is 7.92. The van der Waals surface area contributed by atoms with Crippen LogP contribution in [0.2, 0.25) is 0 Å². The molecular formula is C23H29FN4O6S2. The number of hydrogen-bond donors (Lipinski definition) is 0. The molecule has 0 aliphatic carbocycles. The van der Waals surface area contributed by atoms with Crippen molar-refractivity contribution in [3.8, 4) is 0 Å². The molecule has 36 heavy (non-hydrogen) atoms. The highest BCUT2D eigenvalue weighted by Gasteiger charge is 2.29. The second-order valence-electron chi connectivity index (χ2n) is 8.62. The minimum absolute atomic E-state index is 0.0462. The van der Waals surface area contributed by atoms with Gasteiger partial charge in [-0.05, 0) is 48.5 Å². The normalized spacial score (nSPS) is 17.7. The Kier molecular flexibility index (Phi) is 7.83. The summed E-state index contributed by atoms with van der Waals surface area (Å²) in [6.45, 7) is 2.60. The van der Waals surface area contributed by atoms with Crippen molar-refractivity contribution in [3.05, 3.63) is 54.3 Å². The van der Waals surface area contributed by atoms with Gasteiger partial charge in [0, 0.05) is 45.0 Å². The van der Waals surface area contributed by atoms with E-state index in [2.05, 4.69) is 0 Å². The summed E-state index contributed by atoms with van der Waals surface area (Å²) in [6, 6.07) is 11.6. The van der Waals surface area contributed by atoms with Crippen molar-refractivity contribution in [1.82, 2.24) is 9.21 Å². The molecule has 10 nitrogen and oxygen atoms in total. The summed E-state index contributed by atoms with van der Waals surface area (Å²) in [5.74, 6) is -0.677. The van der Waals surface area contributed by atoms with Crippen molar-refractivity contribution in [3.63, 3.8) is 0 Å². The number of nitrogens with zero attached hydrogens (tertiary/aromatic N) is 4. The van der Waals surface area contributed by atoms with E-state index in [1.807, 2.05) is 4.90 Å². The predicted molar refractivity (Wildman–Crippen MR) is 133 cm³/mol. The molecule has 0 spiro atoms. The zero-order valence-corrected chi connectivity index (χ0v) is 21.5. The topological polar surface area (TPSA) is 108 Å². The molecule has 0 atom stereocenters. The Morgan fingerprint density at radius 2 is 1.47 bits per heavy atom. The SMILES string of the molecule is CS(=O)(=O)N(CC(=O)N1CCN(c2ccc(F)cc2)CC1)c1ccc(S(=O)(=O)N2CCOCC2)cc1. The van der Waals surface area contributed by atoms with Gasteiger partial charge in [0.15, 0.2) is 0 Å². The van der Waals surface area contributed by atoms with E-state index in [9.17, 15) is 26.0 Å². The van der Waals surface area contributed by atoms with Crippen LogP contribution in [0.25, 0.3) is 0 Å². The maximum atomic E-state index is 13.2. The van der Waals surface area contributed by atoms with Crippen LogP contribution in [-0.2, 0) is 29.6 Å². The van der Waals surface area contributed by atoms with Crippen LogP contribution in [0.15, 0.2) is 53.4 Å². The van der Waals surface area contributed by atoms with Gasteiger partial charge in [-0.25, -0.2) is 21.2 Å². The summed E-state index contributed by atoms with van der Waals surface area (Å²) < 4.78 is 71.4. The first-order valence-electron chi connectivity index (χ1n) is 11.5. The molecule has 13 heteroatoms. The Labute approximate surface area is 210 Å². The number of hydrogen-bond acceptors (Lipinski definition) is 7. The molecule has 0 radical (unpaired) electrons. The Hall–Kier alpha value is -2.74. The fourth-order valence-electron chi connectivity index (χ4n) is 4.21. The minimum Gasteiger partial charge on any atom is -0.379 e. The third kappa shape index (κ3) is 5.97. The zero-order chi connectivity index (χ0) is 25.9. The maximum absolute atomic E-state index is 13.2. The predicted octanol–water partition coefficient (Wildman–Crippen LogP) is 0.961. The molecular weight excluding hydrogens is 511 g/mol. The number of benzene rings is 2. The first-order valence-corrected chi connectivity index (χ1v) is 14.8. The molecule has 2 fully saturated rings. The Morgan fingerprint density at radius 1 is 0.889 bits per heavy atom. The van der Waals surface area contributed by atoms with E-state index in [1.54, 1.807) is 17.0 Å². The van der Waals surface area contributed by atoms with Crippen molar-refractivity contribution < 1.29 is 30.8 Å². The van der Waals surface area contributed by atoms with Crippen molar-refractivity contribution in [2.45, 2.75) is 4.90 Å². The van der Waals surface area contributed by atoms with Crippen LogP contribution >= 0.6 is 0 Å². The number of piperazine rings is 1. The molecule has 2 heterocycles. The van der Waals surface area contributed by atoms with E-state index in [0.717, 1.165) is 16.2 Å². The standard InChI is InChI=1S/C23H29FN4O6S2/c1-35(30,31)28(21-6-8-22(9-7-21)36(32,33)27-14-16-34-17-15-27)18-23(29)26-12-10-25(11-13-26)20-4-2-19(24)3-5-20/h2-9H,10-18H2,1H3. The molecule has 0 aromatic heterocycles. The van der Waals surface area contributed by atoms with E-state index < -0.39 is 26.6 Å². The van der Waals surface area contributed by atoms with Crippen LogP contribution in [-0.4, -0.2) is 97.2 Å². The van der Waals surface area contributed by atoms with Crippen molar-refractivity contribution in [1.29, 1.82) is 0 Å². The van der Waals surface area contributed by atoms with Gasteiger partial charge in [-0.2, -0.15) is 4.31 Å². The number of amides is 1. The fourth-order valence-corrected chi connectivity index (χ4v) is 6.47. The number of halogens is 1. The molecule has 0 saturated carbocycles. The monoisotopic (exact) mass is 540 g/mol. The molecule has 2 saturated heterocycles. The third-order valence-corrected chi connectivity index (χ3v) is 9.29. The summed E-state index contributed by atoms with van der Waals surface area (Å²) in [5.41, 5.74) is 1.06. The molecule has 4 rings (SSSR count). The highest BCUT2D eigenvalue weighted by Crippen LogP contribution is 2.24. The molecule has 1 amide bonds. The van der Waals surface area contributed by atoms with Gasteiger partial charge >= 0.3 is 0 Å². The molecule has 2 aliphatic heterocycles. The van der Waals surface area contributed by atoms with Gasteiger partial charge in [-0.1, -0.05) is 0 Å². The first-order chi connectivity index (χ1) is 17.1.